The lowest BCUT2D eigenvalue weighted by atomic mass is 10.2. The maximum Gasteiger partial charge on any atom is 0.272 e. The number of nitrogens with zero attached hydrogens (tertiary/aromatic N) is 3. The number of hydrogen-bond donors (Lipinski definition) is 0. The molecule has 0 N–H and O–H groups in total. The van der Waals surface area contributed by atoms with Crippen LogP contribution in [0.1, 0.15) is 40.6 Å². The van der Waals surface area contributed by atoms with Gasteiger partial charge in [0.15, 0.2) is 0 Å². The van der Waals surface area contributed by atoms with Crippen molar-refractivity contribution in [2.45, 2.75) is 19.8 Å². The molecule has 2 aromatic rings. The van der Waals surface area contributed by atoms with Gasteiger partial charge in [0.05, 0.1) is 6.61 Å². The minimum Gasteiger partial charge on any atom is -0.494 e. The van der Waals surface area contributed by atoms with Crippen molar-refractivity contribution in [2.75, 3.05) is 32.8 Å². The van der Waals surface area contributed by atoms with Crippen LogP contribution in [0.25, 0.3) is 0 Å². The molecule has 3 rings (SSSR count). The Morgan fingerprint density at radius 1 is 0.963 bits per heavy atom. The van der Waals surface area contributed by atoms with Gasteiger partial charge in [0, 0.05) is 37.9 Å². The highest BCUT2D eigenvalue weighted by Gasteiger charge is 2.24. The van der Waals surface area contributed by atoms with Crippen molar-refractivity contribution in [1.82, 2.24) is 14.8 Å². The molecule has 1 saturated heterocycles. The third-order valence-electron chi connectivity index (χ3n) is 4.53. The van der Waals surface area contributed by atoms with E-state index in [1.165, 1.54) is 0 Å². The van der Waals surface area contributed by atoms with Gasteiger partial charge in [0.2, 0.25) is 0 Å². The molecule has 0 spiro atoms. The van der Waals surface area contributed by atoms with Crippen molar-refractivity contribution in [3.8, 4) is 5.75 Å². The van der Waals surface area contributed by atoms with Gasteiger partial charge in [-0.2, -0.15) is 0 Å². The molecule has 0 aliphatic carbocycles. The molecular formula is C21H25N3O3. The Bertz CT molecular complexity index is 762. The fraction of sp³-hybridized carbons (Fsp3) is 0.381. The van der Waals surface area contributed by atoms with Crippen molar-refractivity contribution in [2.24, 2.45) is 0 Å². The van der Waals surface area contributed by atoms with Crippen molar-refractivity contribution >= 4 is 11.8 Å². The fourth-order valence-electron chi connectivity index (χ4n) is 3.07. The third kappa shape index (κ3) is 4.84. The topological polar surface area (TPSA) is 62.7 Å². The molecule has 1 aliphatic rings. The van der Waals surface area contributed by atoms with Gasteiger partial charge in [-0.3, -0.25) is 14.6 Å². The van der Waals surface area contributed by atoms with Crippen LogP contribution in [0.2, 0.25) is 0 Å². The van der Waals surface area contributed by atoms with Crippen LogP contribution in [0.15, 0.2) is 48.7 Å². The van der Waals surface area contributed by atoms with E-state index in [0.29, 0.717) is 44.0 Å². The highest BCUT2D eigenvalue weighted by Crippen LogP contribution is 2.16. The molecule has 2 amide bonds. The summed E-state index contributed by atoms with van der Waals surface area (Å²) in [7, 11) is 0. The Kier molecular flexibility index (Phi) is 6.41. The second-order valence-corrected chi connectivity index (χ2v) is 6.53. The van der Waals surface area contributed by atoms with Gasteiger partial charge in [0.1, 0.15) is 11.4 Å². The molecule has 2 heterocycles. The monoisotopic (exact) mass is 367 g/mol. The van der Waals surface area contributed by atoms with Crippen molar-refractivity contribution in [3.63, 3.8) is 0 Å². The summed E-state index contributed by atoms with van der Waals surface area (Å²) >= 11 is 0. The number of aromatic nitrogens is 1. The molecule has 0 saturated carbocycles. The predicted octanol–water partition coefficient (Wildman–Crippen LogP) is 2.86. The molecule has 1 fully saturated rings. The second kappa shape index (κ2) is 9.16. The molecule has 6 nitrogen and oxygen atoms in total. The Hall–Kier alpha value is -2.89. The molecule has 0 unspecified atom stereocenters. The summed E-state index contributed by atoms with van der Waals surface area (Å²) in [6, 6.07) is 12.6. The summed E-state index contributed by atoms with van der Waals surface area (Å²) in [4.78, 5) is 33.1. The Morgan fingerprint density at radius 2 is 1.67 bits per heavy atom. The van der Waals surface area contributed by atoms with E-state index < -0.39 is 0 Å². The van der Waals surface area contributed by atoms with E-state index in [-0.39, 0.29) is 11.8 Å². The van der Waals surface area contributed by atoms with Crippen LogP contribution in [0.4, 0.5) is 0 Å². The zero-order chi connectivity index (χ0) is 19.1. The number of carbonyl (C=O) groups is 2. The highest BCUT2D eigenvalue weighted by molar-refractivity contribution is 5.95. The maximum absolute atomic E-state index is 12.8. The van der Waals surface area contributed by atoms with Crippen molar-refractivity contribution < 1.29 is 14.3 Å². The molecule has 0 bridgehead atoms. The first-order valence-corrected chi connectivity index (χ1v) is 9.41. The number of carbonyl (C=O) groups excluding carboxylic acids is 2. The molecular weight excluding hydrogens is 342 g/mol. The zero-order valence-electron chi connectivity index (χ0n) is 15.6. The van der Waals surface area contributed by atoms with Gasteiger partial charge in [-0.05, 0) is 49.2 Å². The number of pyridine rings is 1. The van der Waals surface area contributed by atoms with E-state index in [1.807, 2.05) is 23.1 Å². The third-order valence-corrected chi connectivity index (χ3v) is 4.53. The lowest BCUT2D eigenvalue weighted by Gasteiger charge is -2.22. The minimum atomic E-state index is -0.0812. The first-order chi connectivity index (χ1) is 13.2. The van der Waals surface area contributed by atoms with Gasteiger partial charge in [-0.25, -0.2) is 0 Å². The van der Waals surface area contributed by atoms with Crippen molar-refractivity contribution in [1.29, 1.82) is 0 Å². The lowest BCUT2D eigenvalue weighted by Crippen LogP contribution is -2.37. The molecule has 1 aliphatic heterocycles. The largest absolute Gasteiger partial charge is 0.494 e. The average Bonchev–Trinajstić information content (AvgIpc) is 2.98. The number of ether oxygens (including phenoxy) is 1. The van der Waals surface area contributed by atoms with E-state index in [2.05, 4.69) is 11.9 Å². The van der Waals surface area contributed by atoms with Crippen LogP contribution >= 0.6 is 0 Å². The summed E-state index contributed by atoms with van der Waals surface area (Å²) in [5, 5.41) is 0. The van der Waals surface area contributed by atoms with Gasteiger partial charge in [-0.1, -0.05) is 13.0 Å². The summed E-state index contributed by atoms with van der Waals surface area (Å²) in [6.45, 7) is 5.02. The van der Waals surface area contributed by atoms with Crippen LogP contribution in [0, 0.1) is 0 Å². The van der Waals surface area contributed by atoms with Gasteiger partial charge in [0.25, 0.3) is 11.8 Å². The molecule has 27 heavy (non-hydrogen) atoms. The van der Waals surface area contributed by atoms with Gasteiger partial charge in [-0.15, -0.1) is 0 Å². The first kappa shape index (κ1) is 18.9. The van der Waals surface area contributed by atoms with Crippen LogP contribution < -0.4 is 4.74 Å². The van der Waals surface area contributed by atoms with Crippen LogP contribution in [-0.4, -0.2) is 59.4 Å². The smallest absolute Gasteiger partial charge is 0.272 e. The number of amides is 2. The molecule has 1 aromatic heterocycles. The molecule has 1 aromatic carbocycles. The first-order valence-electron chi connectivity index (χ1n) is 9.41. The Labute approximate surface area is 159 Å². The highest BCUT2D eigenvalue weighted by atomic mass is 16.5. The standard InChI is InChI=1S/C21H25N3O3/c1-2-16-27-18-9-7-17(8-10-18)20(25)23-12-5-13-24(15-14-23)21(26)19-6-3-4-11-22-19/h3-4,6-11H,2,5,12-16H2,1H3. The number of hydrogen-bond acceptors (Lipinski definition) is 4. The molecule has 142 valence electrons. The summed E-state index contributed by atoms with van der Waals surface area (Å²) in [5.41, 5.74) is 1.09. The molecule has 6 heteroatoms. The predicted molar refractivity (Wildman–Crippen MR) is 103 cm³/mol. The minimum absolute atomic E-state index is 0.0100. The SMILES string of the molecule is CCCOc1ccc(C(=O)N2CCCN(C(=O)c3ccccn3)CC2)cc1. The zero-order valence-corrected chi connectivity index (χ0v) is 15.6. The van der Waals surface area contributed by atoms with E-state index in [1.54, 1.807) is 35.4 Å². The van der Waals surface area contributed by atoms with Crippen LogP contribution in [-0.2, 0) is 0 Å². The average molecular weight is 367 g/mol. The van der Waals surface area contributed by atoms with E-state index in [4.69, 9.17) is 4.74 Å². The molecule has 0 radical (unpaired) electrons. The van der Waals surface area contributed by atoms with Crippen LogP contribution in [0.3, 0.4) is 0 Å². The summed E-state index contributed by atoms with van der Waals surface area (Å²) in [5.74, 6) is 0.683. The second-order valence-electron chi connectivity index (χ2n) is 6.53. The number of benzene rings is 1. The summed E-state index contributed by atoms with van der Waals surface area (Å²) in [6.07, 6.45) is 3.32. The van der Waals surface area contributed by atoms with Gasteiger partial charge < -0.3 is 14.5 Å². The fourth-order valence-corrected chi connectivity index (χ4v) is 3.07. The van der Waals surface area contributed by atoms with Crippen LogP contribution in [0.5, 0.6) is 5.75 Å². The molecule has 0 atom stereocenters. The van der Waals surface area contributed by atoms with E-state index in [9.17, 15) is 9.59 Å². The lowest BCUT2D eigenvalue weighted by molar-refractivity contribution is 0.0715. The van der Waals surface area contributed by atoms with Crippen molar-refractivity contribution in [3.05, 3.63) is 59.9 Å². The van der Waals surface area contributed by atoms with E-state index >= 15 is 0 Å². The van der Waals surface area contributed by atoms with E-state index in [0.717, 1.165) is 18.6 Å². The Balaban J connectivity index is 1.60. The summed E-state index contributed by atoms with van der Waals surface area (Å²) < 4.78 is 5.56. The van der Waals surface area contributed by atoms with Gasteiger partial charge >= 0.3 is 0 Å². The maximum atomic E-state index is 12.8. The number of rotatable bonds is 5. The quantitative estimate of drug-likeness (QED) is 0.815. The normalized spacial score (nSPS) is 14.6. The Morgan fingerprint density at radius 3 is 2.30 bits per heavy atom.